The van der Waals surface area contributed by atoms with Crippen LogP contribution >= 0.6 is 0 Å². The van der Waals surface area contributed by atoms with Crippen molar-refractivity contribution in [2.45, 2.75) is 37.1 Å². The van der Waals surface area contributed by atoms with Crippen LogP contribution in [0, 0.1) is 18.3 Å². The van der Waals surface area contributed by atoms with Crippen LogP contribution in [0.25, 0.3) is 0 Å². The van der Waals surface area contributed by atoms with Crippen molar-refractivity contribution in [2.75, 3.05) is 12.3 Å². The predicted molar refractivity (Wildman–Crippen MR) is 72.7 cm³/mol. The molecule has 1 saturated carbocycles. The first-order valence-electron chi connectivity index (χ1n) is 6.21. The number of nitriles is 1. The smallest absolute Gasteiger partial charge is 0.243 e. The van der Waals surface area contributed by atoms with Crippen LogP contribution in [0.5, 0.6) is 0 Å². The standard InChI is InChI=1S/C13H17N3O2S/c1-10-9-11(15)3-6-13(10)19(17,18)16(8-2-7-14)12-4-5-12/h3,6,9,12H,2,4-5,8,15H2,1H3. The van der Waals surface area contributed by atoms with Gasteiger partial charge in [0, 0.05) is 24.7 Å². The number of sulfonamides is 1. The molecule has 0 radical (unpaired) electrons. The average Bonchev–Trinajstić information content (AvgIpc) is 3.13. The minimum absolute atomic E-state index is 0.0512. The Morgan fingerprint density at radius 2 is 2.16 bits per heavy atom. The number of anilines is 1. The number of aryl methyl sites for hydroxylation is 1. The zero-order valence-corrected chi connectivity index (χ0v) is 11.7. The van der Waals surface area contributed by atoms with Gasteiger partial charge in [-0.1, -0.05) is 0 Å². The van der Waals surface area contributed by atoms with Crippen LogP contribution in [0.1, 0.15) is 24.8 Å². The molecule has 2 rings (SSSR count). The van der Waals surface area contributed by atoms with Gasteiger partial charge in [-0.25, -0.2) is 8.42 Å². The number of hydrogen-bond acceptors (Lipinski definition) is 4. The third-order valence-electron chi connectivity index (χ3n) is 3.18. The van der Waals surface area contributed by atoms with Gasteiger partial charge in [0.05, 0.1) is 11.0 Å². The van der Waals surface area contributed by atoms with Crippen LogP contribution in [0.2, 0.25) is 0 Å². The van der Waals surface area contributed by atoms with E-state index in [1.165, 1.54) is 4.31 Å². The number of rotatable bonds is 5. The van der Waals surface area contributed by atoms with Gasteiger partial charge in [0.15, 0.2) is 0 Å². The van der Waals surface area contributed by atoms with Gasteiger partial charge in [0.1, 0.15) is 0 Å². The van der Waals surface area contributed by atoms with E-state index >= 15 is 0 Å². The van der Waals surface area contributed by atoms with Gasteiger partial charge in [0.2, 0.25) is 10.0 Å². The van der Waals surface area contributed by atoms with Crippen molar-refractivity contribution in [3.63, 3.8) is 0 Å². The van der Waals surface area contributed by atoms with E-state index in [0.29, 0.717) is 11.3 Å². The minimum atomic E-state index is -3.53. The summed E-state index contributed by atoms with van der Waals surface area (Å²) in [5.41, 5.74) is 6.84. The second-order valence-electron chi connectivity index (χ2n) is 4.78. The molecule has 0 saturated heterocycles. The molecule has 1 aliphatic rings. The van der Waals surface area contributed by atoms with Crippen molar-refractivity contribution >= 4 is 15.7 Å². The normalized spacial score (nSPS) is 15.4. The Labute approximate surface area is 113 Å². The maximum absolute atomic E-state index is 12.6. The molecule has 0 aromatic heterocycles. The van der Waals surface area contributed by atoms with Crippen LogP contribution in [-0.2, 0) is 10.0 Å². The predicted octanol–water partition coefficient (Wildman–Crippen LogP) is 1.64. The Hall–Kier alpha value is -1.58. The van der Waals surface area contributed by atoms with Crippen LogP contribution in [0.3, 0.4) is 0 Å². The molecular formula is C13H17N3O2S. The highest BCUT2D eigenvalue weighted by molar-refractivity contribution is 7.89. The Bertz CT molecular complexity index is 615. The molecule has 0 atom stereocenters. The van der Waals surface area contributed by atoms with Crippen LogP contribution in [0.4, 0.5) is 5.69 Å². The molecule has 0 unspecified atom stereocenters. The van der Waals surface area contributed by atoms with Crippen molar-refractivity contribution in [1.82, 2.24) is 4.31 Å². The Morgan fingerprint density at radius 3 is 2.68 bits per heavy atom. The largest absolute Gasteiger partial charge is 0.399 e. The first kappa shape index (κ1) is 13.8. The molecular weight excluding hydrogens is 262 g/mol. The van der Waals surface area contributed by atoms with Crippen molar-refractivity contribution in [3.8, 4) is 6.07 Å². The molecule has 0 spiro atoms. The average molecular weight is 279 g/mol. The first-order valence-corrected chi connectivity index (χ1v) is 7.65. The van der Waals surface area contributed by atoms with E-state index < -0.39 is 10.0 Å². The Kier molecular flexibility index (Phi) is 3.78. The number of nitrogen functional groups attached to an aromatic ring is 1. The number of benzene rings is 1. The highest BCUT2D eigenvalue weighted by atomic mass is 32.2. The lowest BCUT2D eigenvalue weighted by molar-refractivity contribution is 0.410. The minimum Gasteiger partial charge on any atom is -0.399 e. The molecule has 1 fully saturated rings. The molecule has 19 heavy (non-hydrogen) atoms. The Morgan fingerprint density at radius 1 is 1.47 bits per heavy atom. The number of nitrogens with two attached hydrogens (primary N) is 1. The van der Waals surface area contributed by atoms with E-state index in [1.807, 2.05) is 6.07 Å². The van der Waals surface area contributed by atoms with Gasteiger partial charge in [-0.2, -0.15) is 9.57 Å². The molecule has 102 valence electrons. The maximum Gasteiger partial charge on any atom is 0.243 e. The monoisotopic (exact) mass is 279 g/mol. The number of nitrogens with zero attached hydrogens (tertiary/aromatic N) is 2. The van der Waals surface area contributed by atoms with Crippen molar-refractivity contribution < 1.29 is 8.42 Å². The summed E-state index contributed by atoms with van der Waals surface area (Å²) in [6, 6.07) is 6.84. The van der Waals surface area contributed by atoms with E-state index in [0.717, 1.165) is 12.8 Å². The third kappa shape index (κ3) is 2.88. The summed E-state index contributed by atoms with van der Waals surface area (Å²) in [5, 5.41) is 8.66. The molecule has 2 N–H and O–H groups in total. The summed E-state index contributed by atoms with van der Waals surface area (Å²) >= 11 is 0. The van der Waals surface area contributed by atoms with Gasteiger partial charge < -0.3 is 5.73 Å². The van der Waals surface area contributed by atoms with Gasteiger partial charge in [0.25, 0.3) is 0 Å². The highest BCUT2D eigenvalue weighted by Gasteiger charge is 2.38. The van der Waals surface area contributed by atoms with E-state index in [1.54, 1.807) is 25.1 Å². The van der Waals surface area contributed by atoms with E-state index in [4.69, 9.17) is 11.0 Å². The fraction of sp³-hybridized carbons (Fsp3) is 0.462. The summed E-state index contributed by atoms with van der Waals surface area (Å²) in [6.45, 7) is 1.99. The van der Waals surface area contributed by atoms with Crippen LogP contribution in [0.15, 0.2) is 23.1 Å². The molecule has 0 heterocycles. The molecule has 0 aliphatic heterocycles. The first-order chi connectivity index (χ1) is 8.96. The van der Waals surface area contributed by atoms with E-state index in [-0.39, 0.29) is 23.9 Å². The SMILES string of the molecule is Cc1cc(N)ccc1S(=O)(=O)N(CCC#N)C1CC1. The fourth-order valence-corrected chi connectivity index (χ4v) is 4.00. The summed E-state index contributed by atoms with van der Waals surface area (Å²) in [6.07, 6.45) is 1.96. The second-order valence-corrected chi connectivity index (χ2v) is 6.64. The molecule has 5 nitrogen and oxygen atoms in total. The summed E-state index contributed by atoms with van der Waals surface area (Å²) in [4.78, 5) is 0.284. The lowest BCUT2D eigenvalue weighted by Crippen LogP contribution is -2.34. The van der Waals surface area contributed by atoms with Crippen LogP contribution in [-0.4, -0.2) is 25.3 Å². The molecule has 6 heteroatoms. The zero-order chi connectivity index (χ0) is 14.0. The molecule has 1 aliphatic carbocycles. The lowest BCUT2D eigenvalue weighted by atomic mass is 10.2. The van der Waals surface area contributed by atoms with Crippen molar-refractivity contribution in [2.24, 2.45) is 0 Å². The third-order valence-corrected chi connectivity index (χ3v) is 5.30. The van der Waals surface area contributed by atoms with E-state index in [2.05, 4.69) is 0 Å². The zero-order valence-electron chi connectivity index (χ0n) is 10.8. The van der Waals surface area contributed by atoms with Gasteiger partial charge in [-0.15, -0.1) is 0 Å². The van der Waals surface area contributed by atoms with Gasteiger partial charge >= 0.3 is 0 Å². The molecule has 1 aromatic carbocycles. The van der Waals surface area contributed by atoms with Crippen molar-refractivity contribution in [3.05, 3.63) is 23.8 Å². The lowest BCUT2D eigenvalue weighted by Gasteiger charge is -2.21. The Balaban J connectivity index is 2.36. The van der Waals surface area contributed by atoms with E-state index in [9.17, 15) is 8.42 Å². The summed E-state index contributed by atoms with van der Waals surface area (Å²) in [7, 11) is -3.53. The summed E-state index contributed by atoms with van der Waals surface area (Å²) in [5.74, 6) is 0. The van der Waals surface area contributed by atoms with Crippen LogP contribution < -0.4 is 5.73 Å². The summed E-state index contributed by atoms with van der Waals surface area (Å²) < 4.78 is 26.7. The second kappa shape index (κ2) is 5.19. The fourth-order valence-electron chi connectivity index (χ4n) is 2.11. The molecule has 0 amide bonds. The van der Waals surface area contributed by atoms with Gasteiger partial charge in [-0.05, 0) is 43.5 Å². The quantitative estimate of drug-likeness (QED) is 0.830. The number of hydrogen-bond donors (Lipinski definition) is 1. The maximum atomic E-state index is 12.6. The van der Waals surface area contributed by atoms with Crippen molar-refractivity contribution in [1.29, 1.82) is 5.26 Å². The molecule has 1 aromatic rings. The highest BCUT2D eigenvalue weighted by Crippen LogP contribution is 2.33. The van der Waals surface area contributed by atoms with Gasteiger partial charge in [-0.3, -0.25) is 0 Å². The molecule has 0 bridgehead atoms. The topological polar surface area (TPSA) is 87.2 Å².